The maximum atomic E-state index is 13.1. The Bertz CT molecular complexity index is 1160. The van der Waals surface area contributed by atoms with Gasteiger partial charge in [0.2, 0.25) is 0 Å². The van der Waals surface area contributed by atoms with E-state index in [9.17, 15) is 19.2 Å². The number of esters is 1. The molecular weight excluding hydrogens is 526 g/mol. The molecule has 0 unspecified atom stereocenters. The molecule has 2 aromatic rings. The van der Waals surface area contributed by atoms with Crippen LogP contribution in [0.1, 0.15) is 45.7 Å². The highest BCUT2D eigenvalue weighted by Gasteiger charge is 2.48. The molecule has 34 heavy (non-hydrogen) atoms. The first-order valence-corrected chi connectivity index (χ1v) is 11.7. The zero-order chi connectivity index (χ0) is 25.5. The van der Waals surface area contributed by atoms with Gasteiger partial charge in [0.05, 0.1) is 31.2 Å². The van der Waals surface area contributed by atoms with E-state index < -0.39 is 42.3 Å². The van der Waals surface area contributed by atoms with Gasteiger partial charge in [-0.05, 0) is 30.9 Å². The third-order valence-electron chi connectivity index (χ3n) is 5.37. The summed E-state index contributed by atoms with van der Waals surface area (Å²) in [5.41, 5.74) is 1.82. The third kappa shape index (κ3) is 4.62. The van der Waals surface area contributed by atoms with Crippen molar-refractivity contribution in [1.29, 1.82) is 0 Å². The van der Waals surface area contributed by atoms with Crippen molar-refractivity contribution in [1.82, 2.24) is 4.90 Å². The SMILES string of the molecule is Cc1cccc(C)c1NC(=O)COC(=O)[C@@H](C(C)C)N1C(=O)c2c(Cl)c(Cl)c(Cl)c(Cl)c2C1=O. The molecule has 1 heterocycles. The van der Waals surface area contributed by atoms with Crippen molar-refractivity contribution < 1.29 is 23.9 Å². The molecule has 7 nitrogen and oxygen atoms in total. The molecule has 1 aliphatic rings. The lowest BCUT2D eigenvalue weighted by atomic mass is 10.0. The molecule has 11 heteroatoms. The van der Waals surface area contributed by atoms with E-state index >= 15 is 0 Å². The number of hydrogen-bond donors (Lipinski definition) is 1. The number of nitrogens with one attached hydrogen (secondary N) is 1. The summed E-state index contributed by atoms with van der Waals surface area (Å²) in [5.74, 6) is -3.78. The van der Waals surface area contributed by atoms with Crippen molar-refractivity contribution >= 4 is 75.8 Å². The van der Waals surface area contributed by atoms with E-state index in [-0.39, 0.29) is 31.2 Å². The normalized spacial score (nSPS) is 13.9. The first-order valence-electron chi connectivity index (χ1n) is 10.1. The van der Waals surface area contributed by atoms with E-state index in [1.807, 2.05) is 32.0 Å². The summed E-state index contributed by atoms with van der Waals surface area (Å²) < 4.78 is 5.18. The van der Waals surface area contributed by atoms with Gasteiger partial charge in [-0.3, -0.25) is 19.3 Å². The lowest BCUT2D eigenvalue weighted by Gasteiger charge is -2.27. The number of carbonyl (C=O) groups is 4. The first kappa shape index (κ1) is 26.3. The number of anilines is 1. The van der Waals surface area contributed by atoms with Gasteiger partial charge in [-0.2, -0.15) is 0 Å². The largest absolute Gasteiger partial charge is 0.454 e. The van der Waals surface area contributed by atoms with Crippen molar-refractivity contribution in [3.05, 3.63) is 60.5 Å². The average Bonchev–Trinajstić information content (AvgIpc) is 3.02. The molecule has 0 spiro atoms. The number of benzene rings is 2. The summed E-state index contributed by atoms with van der Waals surface area (Å²) in [6.07, 6.45) is 0. The number of para-hydroxylation sites is 1. The molecule has 180 valence electrons. The molecule has 1 N–H and O–H groups in total. The van der Waals surface area contributed by atoms with Gasteiger partial charge in [-0.1, -0.05) is 78.5 Å². The monoisotopic (exact) mass is 544 g/mol. The molecule has 2 aromatic carbocycles. The summed E-state index contributed by atoms with van der Waals surface area (Å²) in [7, 11) is 0. The zero-order valence-electron chi connectivity index (χ0n) is 18.6. The summed E-state index contributed by atoms with van der Waals surface area (Å²) in [6.45, 7) is 6.30. The Morgan fingerprint density at radius 2 is 1.38 bits per heavy atom. The van der Waals surface area contributed by atoms with E-state index in [0.29, 0.717) is 10.6 Å². The lowest BCUT2D eigenvalue weighted by molar-refractivity contribution is -0.152. The van der Waals surface area contributed by atoms with Gasteiger partial charge >= 0.3 is 5.97 Å². The Kier molecular flexibility index (Phi) is 7.82. The van der Waals surface area contributed by atoms with Crippen LogP contribution in [0.5, 0.6) is 0 Å². The van der Waals surface area contributed by atoms with Crippen LogP contribution in [0, 0.1) is 19.8 Å². The second-order valence-corrected chi connectivity index (χ2v) is 9.61. The molecule has 1 aliphatic heterocycles. The highest BCUT2D eigenvalue weighted by Crippen LogP contribution is 2.45. The minimum absolute atomic E-state index is 0.179. The van der Waals surface area contributed by atoms with Crippen LogP contribution in [0.4, 0.5) is 5.69 Å². The number of halogens is 4. The van der Waals surface area contributed by atoms with Crippen molar-refractivity contribution in [3.8, 4) is 0 Å². The van der Waals surface area contributed by atoms with Gasteiger partial charge in [-0.25, -0.2) is 4.79 Å². The standard InChI is InChI=1S/C23H20Cl4N2O5/c1-9(2)20(23(33)34-8-12(30)28-19-10(3)6-5-7-11(19)4)29-21(31)13-14(22(29)32)16(25)18(27)17(26)15(13)24/h5-7,9,20H,8H2,1-4H3,(H,28,30)/t20-/m1/s1. The second kappa shape index (κ2) is 10.1. The third-order valence-corrected chi connectivity index (χ3v) is 7.18. The van der Waals surface area contributed by atoms with Crippen LogP contribution in [-0.4, -0.2) is 41.2 Å². The lowest BCUT2D eigenvalue weighted by Crippen LogP contribution is -2.49. The number of imide groups is 1. The van der Waals surface area contributed by atoms with Gasteiger partial charge < -0.3 is 10.1 Å². The molecule has 0 fully saturated rings. The molecule has 3 rings (SSSR count). The number of aryl methyl sites for hydroxylation is 2. The van der Waals surface area contributed by atoms with Gasteiger partial charge in [-0.15, -0.1) is 0 Å². The van der Waals surface area contributed by atoms with Gasteiger partial charge in [0, 0.05) is 5.69 Å². The summed E-state index contributed by atoms with van der Waals surface area (Å²) in [6, 6.07) is 4.18. The number of rotatable bonds is 6. The molecule has 0 aliphatic carbocycles. The second-order valence-electron chi connectivity index (χ2n) is 8.10. The highest BCUT2D eigenvalue weighted by atomic mass is 35.5. The quantitative estimate of drug-likeness (QED) is 0.217. The summed E-state index contributed by atoms with van der Waals surface area (Å²) in [5, 5.41) is 1.87. The fraction of sp³-hybridized carbons (Fsp3) is 0.304. The predicted octanol–water partition coefficient (Wildman–Crippen LogP) is 5.72. The minimum Gasteiger partial charge on any atom is -0.454 e. The Morgan fingerprint density at radius 1 is 0.912 bits per heavy atom. The summed E-state index contributed by atoms with van der Waals surface area (Å²) in [4.78, 5) is 52.3. The molecular formula is C23H20Cl4N2O5. The number of nitrogens with zero attached hydrogens (tertiary/aromatic N) is 1. The number of ether oxygens (including phenoxy) is 1. The van der Waals surface area contributed by atoms with Gasteiger partial charge in [0.25, 0.3) is 17.7 Å². The van der Waals surface area contributed by atoms with Crippen LogP contribution in [0.2, 0.25) is 20.1 Å². The number of carbonyl (C=O) groups excluding carboxylic acids is 4. The van der Waals surface area contributed by atoms with Crippen LogP contribution < -0.4 is 5.32 Å². The molecule has 0 saturated heterocycles. The minimum atomic E-state index is -1.34. The predicted molar refractivity (Wildman–Crippen MR) is 131 cm³/mol. The molecule has 0 bridgehead atoms. The highest BCUT2D eigenvalue weighted by molar-refractivity contribution is 6.55. The molecule has 1 atom stereocenters. The van der Waals surface area contributed by atoms with Crippen molar-refractivity contribution in [3.63, 3.8) is 0 Å². The van der Waals surface area contributed by atoms with E-state index in [2.05, 4.69) is 5.32 Å². The Hall–Kier alpha value is -2.32. The molecule has 0 aromatic heterocycles. The molecule has 0 saturated carbocycles. The van der Waals surface area contributed by atoms with E-state index in [0.717, 1.165) is 11.1 Å². The number of fused-ring (bicyclic) bond motifs is 1. The van der Waals surface area contributed by atoms with Crippen molar-refractivity contribution in [2.45, 2.75) is 33.7 Å². The zero-order valence-corrected chi connectivity index (χ0v) is 21.6. The van der Waals surface area contributed by atoms with E-state index in [4.69, 9.17) is 51.1 Å². The van der Waals surface area contributed by atoms with Crippen LogP contribution in [0.25, 0.3) is 0 Å². The van der Waals surface area contributed by atoms with Crippen LogP contribution in [0.15, 0.2) is 18.2 Å². The number of amides is 3. The number of hydrogen-bond acceptors (Lipinski definition) is 5. The smallest absolute Gasteiger partial charge is 0.330 e. The van der Waals surface area contributed by atoms with Crippen LogP contribution in [-0.2, 0) is 14.3 Å². The Labute approximate surface area is 216 Å². The van der Waals surface area contributed by atoms with Crippen LogP contribution >= 0.6 is 46.4 Å². The van der Waals surface area contributed by atoms with Gasteiger partial charge in [0.1, 0.15) is 6.04 Å². The van der Waals surface area contributed by atoms with E-state index in [1.54, 1.807) is 13.8 Å². The first-order chi connectivity index (χ1) is 15.9. The van der Waals surface area contributed by atoms with Gasteiger partial charge in [0.15, 0.2) is 6.61 Å². The van der Waals surface area contributed by atoms with E-state index in [1.165, 1.54) is 0 Å². The average molecular weight is 546 g/mol. The van der Waals surface area contributed by atoms with Crippen LogP contribution in [0.3, 0.4) is 0 Å². The topological polar surface area (TPSA) is 92.8 Å². The Morgan fingerprint density at radius 3 is 1.82 bits per heavy atom. The fourth-order valence-electron chi connectivity index (χ4n) is 3.70. The summed E-state index contributed by atoms with van der Waals surface area (Å²) >= 11 is 24.4. The molecule has 0 radical (unpaired) electrons. The Balaban J connectivity index is 1.82. The molecule has 3 amide bonds. The maximum Gasteiger partial charge on any atom is 0.330 e. The van der Waals surface area contributed by atoms with Crippen molar-refractivity contribution in [2.75, 3.05) is 11.9 Å². The fourth-order valence-corrected chi connectivity index (χ4v) is 4.72. The maximum absolute atomic E-state index is 13.1. The van der Waals surface area contributed by atoms with Crippen molar-refractivity contribution in [2.24, 2.45) is 5.92 Å².